The highest BCUT2D eigenvalue weighted by molar-refractivity contribution is 8.04. The van der Waals surface area contributed by atoms with E-state index in [-0.39, 0.29) is 11.5 Å². The predicted molar refractivity (Wildman–Crippen MR) is 147 cm³/mol. The molecule has 0 amide bonds. The third kappa shape index (κ3) is 7.54. The van der Waals surface area contributed by atoms with Gasteiger partial charge in [0.15, 0.2) is 16.1 Å². The van der Waals surface area contributed by atoms with Crippen molar-refractivity contribution >= 4 is 21.6 Å². The molecule has 3 aromatic rings. The van der Waals surface area contributed by atoms with Gasteiger partial charge in [0.25, 0.3) is 0 Å². The van der Waals surface area contributed by atoms with Crippen molar-refractivity contribution in [2.24, 2.45) is 0 Å². The molecule has 0 bridgehead atoms. The third-order valence-corrected chi connectivity index (χ3v) is 8.89. The van der Waals surface area contributed by atoms with Crippen LogP contribution in [0.2, 0.25) is 0 Å². The van der Waals surface area contributed by atoms with Crippen LogP contribution in [0.25, 0.3) is 0 Å². The first-order valence-electron chi connectivity index (χ1n) is 12.2. The molecule has 0 spiro atoms. The fourth-order valence-corrected chi connectivity index (χ4v) is 6.59. The van der Waals surface area contributed by atoms with Crippen LogP contribution in [0.15, 0.2) is 107 Å². The third-order valence-electron chi connectivity index (χ3n) is 6.12. The molecular weight excluding hydrogens is 524 g/mol. The van der Waals surface area contributed by atoms with Gasteiger partial charge in [-0.1, -0.05) is 78.9 Å². The van der Waals surface area contributed by atoms with Crippen LogP contribution in [0.3, 0.4) is 0 Å². The molecule has 1 aliphatic heterocycles. The summed E-state index contributed by atoms with van der Waals surface area (Å²) in [6.45, 7) is 0.307. The van der Waals surface area contributed by atoms with E-state index < -0.39 is 39.7 Å². The molecule has 4 rings (SSSR count). The second-order valence-electron chi connectivity index (χ2n) is 8.71. The van der Waals surface area contributed by atoms with Crippen LogP contribution < -0.4 is 0 Å². The van der Waals surface area contributed by atoms with E-state index in [0.717, 1.165) is 16.5 Å². The molecule has 0 unspecified atom stereocenters. The van der Waals surface area contributed by atoms with Crippen molar-refractivity contribution in [2.45, 2.75) is 48.0 Å². The number of sulfone groups is 1. The van der Waals surface area contributed by atoms with Crippen molar-refractivity contribution in [1.29, 1.82) is 0 Å². The monoisotopic (exact) mass is 556 g/mol. The van der Waals surface area contributed by atoms with Crippen LogP contribution in [0.1, 0.15) is 11.1 Å². The van der Waals surface area contributed by atoms with Crippen molar-refractivity contribution in [3.8, 4) is 0 Å². The molecule has 0 aliphatic carbocycles. The summed E-state index contributed by atoms with van der Waals surface area (Å²) in [5.41, 5.74) is 1.95. The number of benzene rings is 3. The Morgan fingerprint density at radius 1 is 0.842 bits per heavy atom. The Labute approximate surface area is 228 Å². The predicted octanol–water partition coefficient (Wildman–Crippen LogP) is 4.57. The number of hydrogen-bond acceptors (Lipinski definition) is 8. The second-order valence-corrected chi connectivity index (χ2v) is 11.6. The topological polar surface area (TPSA) is 91.3 Å². The fourth-order valence-electron chi connectivity index (χ4n) is 4.16. The van der Waals surface area contributed by atoms with Crippen molar-refractivity contribution in [1.82, 2.24) is 0 Å². The number of aliphatic hydroxyl groups is 1. The molecule has 0 saturated carbocycles. The van der Waals surface area contributed by atoms with Crippen LogP contribution in [0.4, 0.5) is 0 Å². The van der Waals surface area contributed by atoms with E-state index in [0.29, 0.717) is 13.2 Å². The van der Waals surface area contributed by atoms with E-state index in [1.807, 2.05) is 60.7 Å². The zero-order valence-electron chi connectivity index (χ0n) is 21.0. The molecule has 1 fully saturated rings. The number of methoxy groups -OCH3 is 1. The van der Waals surface area contributed by atoms with Crippen LogP contribution in [0, 0.1) is 0 Å². The van der Waals surface area contributed by atoms with E-state index in [2.05, 4.69) is 0 Å². The molecule has 3 aromatic carbocycles. The van der Waals surface area contributed by atoms with Gasteiger partial charge in [-0.2, -0.15) is 0 Å². The van der Waals surface area contributed by atoms with Crippen LogP contribution in [0.5, 0.6) is 0 Å². The summed E-state index contributed by atoms with van der Waals surface area (Å²) in [4.78, 5) is 0.204. The highest BCUT2D eigenvalue weighted by Gasteiger charge is 2.47. The summed E-state index contributed by atoms with van der Waals surface area (Å²) in [6, 6.07) is 27.7. The van der Waals surface area contributed by atoms with Gasteiger partial charge in [-0.3, -0.25) is 0 Å². The lowest BCUT2D eigenvalue weighted by Gasteiger charge is -2.44. The van der Waals surface area contributed by atoms with Gasteiger partial charge < -0.3 is 24.1 Å². The number of hydrogen-bond donors (Lipinski definition) is 1. The Kier molecular flexibility index (Phi) is 10.5. The Hall–Kier alpha value is -2.50. The lowest BCUT2D eigenvalue weighted by atomic mass is 10.0. The minimum atomic E-state index is -3.63. The maximum absolute atomic E-state index is 12.8. The molecule has 1 aliphatic rings. The van der Waals surface area contributed by atoms with Gasteiger partial charge in [0.2, 0.25) is 0 Å². The van der Waals surface area contributed by atoms with Gasteiger partial charge in [0, 0.05) is 12.5 Å². The minimum Gasteiger partial charge on any atom is -0.394 e. The molecule has 7 nitrogen and oxygen atoms in total. The van der Waals surface area contributed by atoms with E-state index in [4.69, 9.17) is 18.9 Å². The summed E-state index contributed by atoms with van der Waals surface area (Å²) < 4.78 is 50.0. The number of ether oxygens (including phenoxy) is 4. The highest BCUT2D eigenvalue weighted by atomic mass is 32.2. The van der Waals surface area contributed by atoms with Crippen molar-refractivity contribution in [3.63, 3.8) is 0 Å². The Balaban J connectivity index is 1.58. The molecule has 0 aromatic heterocycles. The van der Waals surface area contributed by atoms with Crippen molar-refractivity contribution < 1.29 is 32.5 Å². The zero-order valence-corrected chi connectivity index (χ0v) is 22.7. The molecule has 1 heterocycles. The Morgan fingerprint density at radius 2 is 1.37 bits per heavy atom. The SMILES string of the molecule is CO[C@H]1O[C@H](CO)[C@@H](S/C=C\S(=O)(=O)c2ccccc2)[C@H](OCc2ccccc2)[C@H]1OCc1ccccc1. The molecular formula is C29H32O7S2. The van der Waals surface area contributed by atoms with Crippen molar-refractivity contribution in [3.05, 3.63) is 113 Å². The molecule has 9 heteroatoms. The van der Waals surface area contributed by atoms with Gasteiger partial charge in [0.05, 0.1) is 36.1 Å². The van der Waals surface area contributed by atoms with E-state index in [9.17, 15) is 13.5 Å². The van der Waals surface area contributed by atoms with Gasteiger partial charge in [0.1, 0.15) is 12.2 Å². The first kappa shape index (κ1) is 28.5. The summed E-state index contributed by atoms with van der Waals surface area (Å²) in [6.07, 6.45) is -2.68. The quantitative estimate of drug-likeness (QED) is 0.347. The van der Waals surface area contributed by atoms with Crippen LogP contribution >= 0.6 is 11.8 Å². The Morgan fingerprint density at radius 3 is 1.89 bits per heavy atom. The van der Waals surface area contributed by atoms with Gasteiger partial charge in [-0.25, -0.2) is 8.42 Å². The lowest BCUT2D eigenvalue weighted by molar-refractivity contribution is -0.281. The summed E-state index contributed by atoms with van der Waals surface area (Å²) in [5, 5.41) is 12.4. The summed E-state index contributed by atoms with van der Waals surface area (Å²) >= 11 is 1.23. The smallest absolute Gasteiger partial charge is 0.200 e. The first-order valence-corrected chi connectivity index (χ1v) is 14.7. The highest BCUT2D eigenvalue weighted by Crippen LogP contribution is 2.35. The number of aliphatic hydroxyl groups excluding tert-OH is 1. The Bertz CT molecular complexity index is 1240. The standard InChI is InChI=1S/C29H32O7S2/c1-33-29-27(35-21-23-13-7-3-8-14-23)26(34-20-22-11-5-2-6-12-22)28(25(19-30)36-29)37-17-18-38(31,32)24-15-9-4-10-16-24/h2-18,25-30H,19-21H2,1H3/b18-17-/t25-,26-,27-,28-,29+/m1/s1. The zero-order chi connectivity index (χ0) is 26.8. The van der Waals surface area contributed by atoms with E-state index in [1.165, 1.54) is 24.3 Å². The van der Waals surface area contributed by atoms with Crippen LogP contribution in [-0.4, -0.2) is 57.1 Å². The second kappa shape index (κ2) is 14.0. The first-order chi connectivity index (χ1) is 18.5. The molecule has 202 valence electrons. The van der Waals surface area contributed by atoms with Crippen LogP contribution in [-0.2, 0) is 42.0 Å². The maximum Gasteiger partial charge on any atom is 0.200 e. The molecule has 0 radical (unpaired) electrons. The fraction of sp³-hybridized carbons (Fsp3) is 0.310. The van der Waals surface area contributed by atoms with Crippen molar-refractivity contribution in [2.75, 3.05) is 13.7 Å². The average Bonchev–Trinajstić information content (AvgIpc) is 2.96. The largest absolute Gasteiger partial charge is 0.394 e. The minimum absolute atomic E-state index is 0.204. The average molecular weight is 557 g/mol. The lowest BCUT2D eigenvalue weighted by Crippen LogP contribution is -2.59. The molecule has 5 atom stereocenters. The van der Waals surface area contributed by atoms with E-state index in [1.54, 1.807) is 30.3 Å². The molecule has 38 heavy (non-hydrogen) atoms. The number of rotatable bonds is 12. The van der Waals surface area contributed by atoms with Gasteiger partial charge >= 0.3 is 0 Å². The van der Waals surface area contributed by atoms with E-state index >= 15 is 0 Å². The summed E-state index contributed by atoms with van der Waals surface area (Å²) in [7, 11) is -2.11. The molecule has 1 saturated heterocycles. The normalized spacial score (nSPS) is 24.0. The molecule has 1 N–H and O–H groups in total. The van der Waals surface area contributed by atoms with Gasteiger partial charge in [-0.05, 0) is 28.7 Å². The van der Waals surface area contributed by atoms with Gasteiger partial charge in [-0.15, -0.1) is 11.8 Å². The maximum atomic E-state index is 12.8. The summed E-state index contributed by atoms with van der Waals surface area (Å²) in [5.74, 6) is 0. The number of thioether (sulfide) groups is 1.